The molecular formula is C11H20ClF2N5. The second kappa shape index (κ2) is 6.36. The van der Waals surface area contributed by atoms with Crippen molar-refractivity contribution in [2.24, 2.45) is 16.6 Å². The van der Waals surface area contributed by atoms with Crippen molar-refractivity contribution < 1.29 is 8.78 Å². The Morgan fingerprint density at radius 2 is 1.95 bits per heavy atom. The molecule has 0 spiro atoms. The molecule has 1 saturated heterocycles. The highest BCUT2D eigenvalue weighted by Gasteiger charge is 2.34. The first-order valence-corrected chi connectivity index (χ1v) is 6.24. The predicted molar refractivity (Wildman–Crippen MR) is 73.1 cm³/mol. The van der Waals surface area contributed by atoms with Crippen LogP contribution < -0.4 is 11.1 Å². The average Bonchev–Trinajstić information content (AvgIpc) is 3.09. The average molecular weight is 296 g/mol. The number of guanidine groups is 2. The molecule has 0 atom stereocenters. The Hall–Kier alpha value is -1.11. The highest BCUT2D eigenvalue weighted by molar-refractivity contribution is 5.96. The summed E-state index contributed by atoms with van der Waals surface area (Å²) in [4.78, 5) is 5.68. The second-order valence-electron chi connectivity index (χ2n) is 4.99. The minimum absolute atomic E-state index is 0. The maximum Gasteiger partial charge on any atom is 0.251 e. The van der Waals surface area contributed by atoms with Crippen molar-refractivity contribution in [1.82, 2.24) is 10.2 Å². The number of alkyl halides is 2. The van der Waals surface area contributed by atoms with E-state index in [0.29, 0.717) is 12.5 Å². The molecule has 1 aliphatic carbocycles. The van der Waals surface area contributed by atoms with Gasteiger partial charge in [0.15, 0.2) is 11.9 Å². The molecule has 0 radical (unpaired) electrons. The Kier molecular flexibility index (Phi) is 5.34. The summed E-state index contributed by atoms with van der Waals surface area (Å²) in [6.07, 6.45) is 1.96. The Balaban J connectivity index is 0.00000180. The van der Waals surface area contributed by atoms with Gasteiger partial charge in [-0.3, -0.25) is 15.7 Å². The first-order valence-electron chi connectivity index (χ1n) is 6.24. The number of hydrogen-bond acceptors (Lipinski definition) is 2. The Bertz CT molecular complexity index is 347. The van der Waals surface area contributed by atoms with Crippen LogP contribution >= 0.6 is 12.4 Å². The van der Waals surface area contributed by atoms with Gasteiger partial charge in [-0.05, 0) is 18.8 Å². The summed E-state index contributed by atoms with van der Waals surface area (Å²) >= 11 is 0. The number of aliphatic imine (C=N–C) groups is 1. The van der Waals surface area contributed by atoms with E-state index in [1.807, 2.05) is 0 Å². The van der Waals surface area contributed by atoms with Gasteiger partial charge in [-0.15, -0.1) is 12.4 Å². The van der Waals surface area contributed by atoms with Crippen LogP contribution in [0, 0.1) is 11.3 Å². The van der Waals surface area contributed by atoms with E-state index < -0.39 is 5.92 Å². The molecule has 1 aliphatic heterocycles. The zero-order chi connectivity index (χ0) is 13.2. The molecule has 0 bridgehead atoms. The number of halogens is 3. The minimum atomic E-state index is -2.59. The minimum Gasteiger partial charge on any atom is -0.370 e. The largest absolute Gasteiger partial charge is 0.370 e. The zero-order valence-electron chi connectivity index (χ0n) is 10.7. The van der Waals surface area contributed by atoms with Gasteiger partial charge in [0, 0.05) is 32.5 Å². The fraction of sp³-hybridized carbons (Fsp3) is 0.818. The Morgan fingerprint density at radius 1 is 1.37 bits per heavy atom. The molecule has 8 heteroatoms. The third-order valence-corrected chi connectivity index (χ3v) is 3.27. The fourth-order valence-corrected chi connectivity index (χ4v) is 1.83. The van der Waals surface area contributed by atoms with Crippen LogP contribution in [0.1, 0.15) is 25.7 Å². The lowest BCUT2D eigenvalue weighted by Crippen LogP contribution is -2.50. The predicted octanol–water partition coefficient (Wildman–Crippen LogP) is 1.39. The molecule has 19 heavy (non-hydrogen) atoms. The number of nitrogens with two attached hydrogens (primary N) is 1. The molecule has 0 aromatic carbocycles. The summed E-state index contributed by atoms with van der Waals surface area (Å²) < 4.78 is 25.9. The summed E-state index contributed by atoms with van der Waals surface area (Å²) in [5.41, 5.74) is 5.63. The first-order chi connectivity index (χ1) is 8.46. The molecule has 2 fully saturated rings. The van der Waals surface area contributed by atoms with Gasteiger partial charge in [-0.1, -0.05) is 0 Å². The second-order valence-corrected chi connectivity index (χ2v) is 4.99. The van der Waals surface area contributed by atoms with Crippen molar-refractivity contribution in [3.63, 3.8) is 0 Å². The summed E-state index contributed by atoms with van der Waals surface area (Å²) in [6, 6.07) is 0. The normalized spacial score (nSPS) is 22.6. The summed E-state index contributed by atoms with van der Waals surface area (Å²) in [7, 11) is 0. The Morgan fingerprint density at radius 3 is 2.47 bits per heavy atom. The number of piperidine rings is 1. The van der Waals surface area contributed by atoms with E-state index in [1.165, 1.54) is 12.8 Å². The lowest BCUT2D eigenvalue weighted by atomic mass is 10.1. The van der Waals surface area contributed by atoms with Crippen molar-refractivity contribution in [2.75, 3.05) is 19.6 Å². The van der Waals surface area contributed by atoms with Crippen LogP contribution in [-0.2, 0) is 0 Å². The molecule has 0 aromatic heterocycles. The van der Waals surface area contributed by atoms with Gasteiger partial charge in [0.2, 0.25) is 0 Å². The Labute approximate surface area is 117 Å². The van der Waals surface area contributed by atoms with Crippen LogP contribution in [0.5, 0.6) is 0 Å². The topological polar surface area (TPSA) is 77.5 Å². The monoisotopic (exact) mass is 295 g/mol. The molecule has 1 heterocycles. The maximum atomic E-state index is 13.0. The van der Waals surface area contributed by atoms with E-state index in [4.69, 9.17) is 11.1 Å². The van der Waals surface area contributed by atoms with Crippen LogP contribution in [0.25, 0.3) is 0 Å². The van der Waals surface area contributed by atoms with Gasteiger partial charge in [-0.25, -0.2) is 8.78 Å². The number of nitrogens with one attached hydrogen (secondary N) is 2. The zero-order valence-corrected chi connectivity index (χ0v) is 11.5. The van der Waals surface area contributed by atoms with E-state index in [9.17, 15) is 8.78 Å². The molecule has 0 aromatic rings. The third-order valence-electron chi connectivity index (χ3n) is 3.27. The van der Waals surface area contributed by atoms with Crippen molar-refractivity contribution in [3.8, 4) is 0 Å². The smallest absolute Gasteiger partial charge is 0.251 e. The molecule has 110 valence electrons. The van der Waals surface area contributed by atoms with Gasteiger partial charge in [0.05, 0.1) is 0 Å². The lowest BCUT2D eigenvalue weighted by Gasteiger charge is -2.33. The number of rotatable bonds is 2. The van der Waals surface area contributed by atoms with E-state index >= 15 is 0 Å². The number of hydrogen-bond donors (Lipinski definition) is 3. The third kappa shape index (κ3) is 5.18. The van der Waals surface area contributed by atoms with Crippen LogP contribution in [0.3, 0.4) is 0 Å². The number of nitrogens with zero attached hydrogens (tertiary/aromatic N) is 2. The fourth-order valence-electron chi connectivity index (χ4n) is 1.83. The quantitative estimate of drug-likeness (QED) is 0.532. The summed E-state index contributed by atoms with van der Waals surface area (Å²) in [6.45, 7) is 1.04. The van der Waals surface area contributed by atoms with Crippen molar-refractivity contribution in [3.05, 3.63) is 0 Å². The van der Waals surface area contributed by atoms with E-state index in [-0.39, 0.29) is 50.3 Å². The molecule has 1 saturated carbocycles. The number of likely N-dealkylation sites (tertiary alicyclic amines) is 1. The van der Waals surface area contributed by atoms with Crippen molar-refractivity contribution in [1.29, 1.82) is 5.41 Å². The maximum absolute atomic E-state index is 13.0. The van der Waals surface area contributed by atoms with Gasteiger partial charge in [0.25, 0.3) is 5.92 Å². The van der Waals surface area contributed by atoms with Crippen LogP contribution in [0.2, 0.25) is 0 Å². The summed E-state index contributed by atoms with van der Waals surface area (Å²) in [5, 5.41) is 10.4. The molecule has 4 N–H and O–H groups in total. The lowest BCUT2D eigenvalue weighted by molar-refractivity contribution is -0.0438. The van der Waals surface area contributed by atoms with Crippen molar-refractivity contribution in [2.45, 2.75) is 31.6 Å². The van der Waals surface area contributed by atoms with Crippen molar-refractivity contribution >= 4 is 24.3 Å². The van der Waals surface area contributed by atoms with E-state index in [1.54, 1.807) is 4.90 Å². The van der Waals surface area contributed by atoms with Gasteiger partial charge in [0.1, 0.15) is 0 Å². The molecule has 5 nitrogen and oxygen atoms in total. The molecule has 0 amide bonds. The first kappa shape index (κ1) is 15.9. The van der Waals surface area contributed by atoms with Crippen LogP contribution in [0.15, 0.2) is 4.99 Å². The molecule has 2 aliphatic rings. The van der Waals surface area contributed by atoms with E-state index in [0.717, 1.165) is 0 Å². The summed E-state index contributed by atoms with van der Waals surface area (Å²) in [5.74, 6) is -1.71. The molecule has 0 unspecified atom stereocenters. The highest BCUT2D eigenvalue weighted by Crippen LogP contribution is 2.29. The van der Waals surface area contributed by atoms with Gasteiger partial charge >= 0.3 is 0 Å². The van der Waals surface area contributed by atoms with E-state index in [2.05, 4.69) is 10.3 Å². The SMILES string of the molecule is Cl.N=C(NC(N)=NCC1CC1)N1CCC(F)(F)CC1. The molecular weight excluding hydrogens is 276 g/mol. The standard InChI is InChI=1S/C11H19F2N5.ClH/c12-11(13)3-5-18(6-4-11)10(15)17-9(14)16-7-8-1-2-8;/h8H,1-7H2,(H4,14,15,16,17);1H. The van der Waals surface area contributed by atoms with Gasteiger partial charge < -0.3 is 10.6 Å². The van der Waals surface area contributed by atoms with Gasteiger partial charge in [-0.2, -0.15) is 0 Å². The van der Waals surface area contributed by atoms with Crippen LogP contribution in [-0.4, -0.2) is 42.4 Å². The highest BCUT2D eigenvalue weighted by atomic mass is 35.5. The molecule has 2 rings (SSSR count). The van der Waals surface area contributed by atoms with Crippen LogP contribution in [0.4, 0.5) is 8.78 Å².